The van der Waals surface area contributed by atoms with Gasteiger partial charge < -0.3 is 15.6 Å². The first-order chi connectivity index (χ1) is 9.02. The summed E-state index contributed by atoms with van der Waals surface area (Å²) in [6, 6.07) is 6.25. The molecular formula is C13H18F3NO3. The van der Waals surface area contributed by atoms with Crippen molar-refractivity contribution in [3.63, 3.8) is 0 Å². The molecule has 1 aromatic rings. The maximum absolute atomic E-state index is 10.6. The minimum Gasteiger partial charge on any atom is -0.492 e. The van der Waals surface area contributed by atoms with Crippen LogP contribution in [0.1, 0.15) is 18.1 Å². The smallest absolute Gasteiger partial charge is 0.490 e. The predicted molar refractivity (Wildman–Crippen MR) is 68.8 cm³/mol. The van der Waals surface area contributed by atoms with Crippen molar-refractivity contribution in [3.8, 4) is 5.75 Å². The molecule has 0 aromatic heterocycles. The Hall–Kier alpha value is -1.76. The normalized spacial score (nSPS) is 12.2. The largest absolute Gasteiger partial charge is 0.492 e. The third kappa shape index (κ3) is 8.36. The summed E-state index contributed by atoms with van der Waals surface area (Å²) in [5, 5.41) is 7.12. The molecule has 0 radical (unpaired) electrons. The summed E-state index contributed by atoms with van der Waals surface area (Å²) in [6.45, 7) is 6.63. The summed E-state index contributed by atoms with van der Waals surface area (Å²) in [6.07, 6.45) is -5.08. The van der Waals surface area contributed by atoms with Crippen molar-refractivity contribution in [1.82, 2.24) is 0 Å². The zero-order valence-electron chi connectivity index (χ0n) is 11.5. The van der Waals surface area contributed by atoms with Crippen LogP contribution >= 0.6 is 0 Å². The lowest BCUT2D eigenvalue weighted by atomic mass is 10.1. The van der Waals surface area contributed by atoms with Gasteiger partial charge in [0.25, 0.3) is 0 Å². The minimum atomic E-state index is -5.08. The minimum absolute atomic E-state index is 0.0841. The standard InChI is InChI=1S/C11H17NO.C2HF3O2/c1-8-4-9(2)6-11(5-8)13-7-10(3)12;3-2(4,5)1(6)7/h4-6,10H,7,12H2,1-3H3;(H,6,7). The van der Waals surface area contributed by atoms with E-state index in [2.05, 4.69) is 19.9 Å². The van der Waals surface area contributed by atoms with E-state index in [9.17, 15) is 13.2 Å². The van der Waals surface area contributed by atoms with Gasteiger partial charge in [-0.05, 0) is 44.0 Å². The maximum atomic E-state index is 10.6. The van der Waals surface area contributed by atoms with Crippen LogP contribution in [-0.4, -0.2) is 29.9 Å². The number of ether oxygens (including phenoxy) is 1. The Labute approximate surface area is 115 Å². The van der Waals surface area contributed by atoms with Crippen molar-refractivity contribution in [2.45, 2.75) is 33.0 Å². The second-order valence-electron chi connectivity index (χ2n) is 4.41. The van der Waals surface area contributed by atoms with Gasteiger partial charge in [-0.25, -0.2) is 4.79 Å². The zero-order chi connectivity index (χ0) is 15.9. The van der Waals surface area contributed by atoms with E-state index in [1.54, 1.807) is 0 Å². The predicted octanol–water partition coefficient (Wildman–Crippen LogP) is 2.66. The van der Waals surface area contributed by atoms with E-state index in [1.165, 1.54) is 11.1 Å². The van der Waals surface area contributed by atoms with Gasteiger partial charge in [0.2, 0.25) is 0 Å². The molecule has 1 unspecified atom stereocenters. The number of hydrogen-bond acceptors (Lipinski definition) is 3. The molecule has 0 aliphatic rings. The average Bonchev–Trinajstić information content (AvgIpc) is 2.24. The summed E-state index contributed by atoms with van der Waals surface area (Å²) in [7, 11) is 0. The second-order valence-corrected chi connectivity index (χ2v) is 4.41. The monoisotopic (exact) mass is 293 g/mol. The zero-order valence-corrected chi connectivity index (χ0v) is 11.5. The number of halogens is 3. The molecule has 0 spiro atoms. The molecule has 0 aliphatic heterocycles. The molecular weight excluding hydrogens is 275 g/mol. The number of carbonyl (C=O) groups is 1. The fourth-order valence-electron chi connectivity index (χ4n) is 1.24. The number of aliphatic carboxylic acids is 1. The summed E-state index contributed by atoms with van der Waals surface area (Å²) in [5.74, 6) is -1.85. The summed E-state index contributed by atoms with van der Waals surface area (Å²) in [4.78, 5) is 8.90. The molecule has 1 rings (SSSR count). The molecule has 0 fully saturated rings. The molecule has 0 amide bonds. The van der Waals surface area contributed by atoms with Crippen molar-refractivity contribution >= 4 is 5.97 Å². The lowest BCUT2D eigenvalue weighted by Crippen LogP contribution is -2.23. The molecule has 0 saturated heterocycles. The van der Waals surface area contributed by atoms with Gasteiger partial charge in [0.15, 0.2) is 0 Å². The van der Waals surface area contributed by atoms with Gasteiger partial charge in [-0.15, -0.1) is 0 Å². The van der Waals surface area contributed by atoms with Crippen LogP contribution < -0.4 is 10.5 Å². The van der Waals surface area contributed by atoms with Crippen LogP contribution in [0.5, 0.6) is 5.75 Å². The molecule has 7 heteroatoms. The molecule has 20 heavy (non-hydrogen) atoms. The third-order valence-electron chi connectivity index (χ3n) is 1.95. The van der Waals surface area contributed by atoms with E-state index in [0.29, 0.717) is 6.61 Å². The highest BCUT2D eigenvalue weighted by atomic mass is 19.4. The lowest BCUT2D eigenvalue weighted by molar-refractivity contribution is -0.192. The number of benzene rings is 1. The first-order valence-electron chi connectivity index (χ1n) is 5.79. The summed E-state index contributed by atoms with van der Waals surface area (Å²) < 4.78 is 37.2. The number of nitrogens with two attached hydrogens (primary N) is 1. The Morgan fingerprint density at radius 2 is 1.70 bits per heavy atom. The fraction of sp³-hybridized carbons (Fsp3) is 0.462. The van der Waals surface area contributed by atoms with Gasteiger partial charge in [-0.3, -0.25) is 0 Å². The van der Waals surface area contributed by atoms with Crippen molar-refractivity contribution in [2.24, 2.45) is 5.73 Å². The maximum Gasteiger partial charge on any atom is 0.490 e. The number of alkyl halides is 3. The van der Waals surface area contributed by atoms with E-state index in [1.807, 2.05) is 19.1 Å². The summed E-state index contributed by atoms with van der Waals surface area (Å²) in [5.41, 5.74) is 8.04. The van der Waals surface area contributed by atoms with E-state index >= 15 is 0 Å². The SMILES string of the molecule is Cc1cc(C)cc(OCC(C)N)c1.O=C(O)C(F)(F)F. The van der Waals surface area contributed by atoms with Crippen LogP contribution in [0, 0.1) is 13.8 Å². The molecule has 1 atom stereocenters. The fourth-order valence-corrected chi connectivity index (χ4v) is 1.24. The van der Waals surface area contributed by atoms with Crippen LogP contribution in [-0.2, 0) is 4.79 Å². The Morgan fingerprint density at radius 3 is 2.00 bits per heavy atom. The average molecular weight is 293 g/mol. The highest BCUT2D eigenvalue weighted by molar-refractivity contribution is 5.73. The molecule has 0 saturated carbocycles. The topological polar surface area (TPSA) is 72.5 Å². The first kappa shape index (κ1) is 18.2. The summed E-state index contributed by atoms with van der Waals surface area (Å²) >= 11 is 0. The van der Waals surface area contributed by atoms with E-state index in [-0.39, 0.29) is 6.04 Å². The lowest BCUT2D eigenvalue weighted by Gasteiger charge is -2.09. The number of aryl methyl sites for hydroxylation is 2. The van der Waals surface area contributed by atoms with Crippen LogP contribution in [0.2, 0.25) is 0 Å². The number of carboxylic acid groups (broad SMARTS) is 1. The quantitative estimate of drug-likeness (QED) is 0.898. The molecule has 0 heterocycles. The Kier molecular flexibility index (Phi) is 7.06. The van der Waals surface area contributed by atoms with Crippen LogP contribution in [0.15, 0.2) is 18.2 Å². The van der Waals surface area contributed by atoms with Crippen molar-refractivity contribution in [2.75, 3.05) is 6.61 Å². The van der Waals surface area contributed by atoms with Crippen LogP contribution in [0.3, 0.4) is 0 Å². The third-order valence-corrected chi connectivity index (χ3v) is 1.95. The van der Waals surface area contributed by atoms with Gasteiger partial charge in [0.05, 0.1) is 0 Å². The Bertz CT molecular complexity index is 425. The molecule has 4 nitrogen and oxygen atoms in total. The van der Waals surface area contributed by atoms with Gasteiger partial charge in [-0.1, -0.05) is 6.07 Å². The van der Waals surface area contributed by atoms with Crippen molar-refractivity contribution < 1.29 is 27.8 Å². The molecule has 1 aromatic carbocycles. The van der Waals surface area contributed by atoms with Gasteiger partial charge >= 0.3 is 12.1 Å². The van der Waals surface area contributed by atoms with Gasteiger partial charge in [0.1, 0.15) is 12.4 Å². The second kappa shape index (κ2) is 7.74. The molecule has 0 bridgehead atoms. The van der Waals surface area contributed by atoms with Crippen LogP contribution in [0.25, 0.3) is 0 Å². The highest BCUT2D eigenvalue weighted by Gasteiger charge is 2.38. The molecule has 114 valence electrons. The van der Waals surface area contributed by atoms with Gasteiger partial charge in [0, 0.05) is 6.04 Å². The number of rotatable bonds is 3. The number of carboxylic acids is 1. The van der Waals surface area contributed by atoms with E-state index < -0.39 is 12.1 Å². The Balaban J connectivity index is 0.000000441. The highest BCUT2D eigenvalue weighted by Crippen LogP contribution is 2.16. The molecule has 0 aliphatic carbocycles. The van der Waals surface area contributed by atoms with Crippen molar-refractivity contribution in [1.29, 1.82) is 0 Å². The van der Waals surface area contributed by atoms with E-state index in [4.69, 9.17) is 20.4 Å². The first-order valence-corrected chi connectivity index (χ1v) is 5.79. The van der Waals surface area contributed by atoms with E-state index in [0.717, 1.165) is 5.75 Å². The molecule has 3 N–H and O–H groups in total. The van der Waals surface area contributed by atoms with Crippen LogP contribution in [0.4, 0.5) is 13.2 Å². The Morgan fingerprint density at radius 1 is 1.30 bits per heavy atom. The number of hydrogen-bond donors (Lipinski definition) is 2. The van der Waals surface area contributed by atoms with Crippen molar-refractivity contribution in [3.05, 3.63) is 29.3 Å². The van der Waals surface area contributed by atoms with Gasteiger partial charge in [-0.2, -0.15) is 13.2 Å².